The summed E-state index contributed by atoms with van der Waals surface area (Å²) in [6.45, 7) is 6.43. The lowest BCUT2D eigenvalue weighted by Gasteiger charge is -2.33. The van der Waals surface area contributed by atoms with Crippen molar-refractivity contribution in [2.45, 2.75) is 33.1 Å². The Morgan fingerprint density at radius 1 is 1.41 bits per heavy atom. The molecule has 4 nitrogen and oxygen atoms in total. The first-order valence-electron chi connectivity index (χ1n) is 6.50. The van der Waals surface area contributed by atoms with E-state index in [0.717, 1.165) is 36.2 Å². The zero-order chi connectivity index (χ0) is 12.3. The van der Waals surface area contributed by atoms with E-state index in [-0.39, 0.29) is 0 Å². The molecule has 1 fully saturated rings. The van der Waals surface area contributed by atoms with Crippen LogP contribution in [0.25, 0.3) is 0 Å². The topological polar surface area (TPSA) is 41.1 Å². The first-order valence-corrected chi connectivity index (χ1v) is 6.50. The van der Waals surface area contributed by atoms with Gasteiger partial charge in [-0.05, 0) is 32.6 Å². The Morgan fingerprint density at radius 2 is 2.18 bits per heavy atom. The molecule has 94 valence electrons. The molecule has 1 saturated carbocycles. The lowest BCUT2D eigenvalue weighted by molar-refractivity contribution is 0.318. The average molecular weight is 234 g/mol. The molecular weight excluding hydrogens is 212 g/mol. The Balaban J connectivity index is 2.17. The first-order chi connectivity index (χ1) is 8.26. The molecule has 4 heteroatoms. The highest BCUT2D eigenvalue weighted by molar-refractivity contribution is 5.57. The molecule has 17 heavy (non-hydrogen) atoms. The number of hydrogen-bond acceptors (Lipinski definition) is 4. The van der Waals surface area contributed by atoms with Crippen LogP contribution in [0.4, 0.5) is 11.6 Å². The summed E-state index contributed by atoms with van der Waals surface area (Å²) in [6, 6.07) is 0. The minimum atomic E-state index is 0.863. The third-order valence-electron chi connectivity index (χ3n) is 3.68. The average Bonchev–Trinajstić information content (AvgIpc) is 2.29. The van der Waals surface area contributed by atoms with Crippen LogP contribution < -0.4 is 10.2 Å². The fourth-order valence-corrected chi connectivity index (χ4v) is 2.36. The number of anilines is 2. The van der Waals surface area contributed by atoms with Crippen LogP contribution in [-0.2, 0) is 0 Å². The number of rotatable bonds is 5. The van der Waals surface area contributed by atoms with Gasteiger partial charge in [-0.1, -0.05) is 6.42 Å². The van der Waals surface area contributed by atoms with Crippen molar-refractivity contribution in [2.75, 3.05) is 30.4 Å². The lowest BCUT2D eigenvalue weighted by atomic mass is 9.85. The minimum Gasteiger partial charge on any atom is -0.373 e. The molecule has 0 bridgehead atoms. The molecule has 0 aliphatic heterocycles. The number of hydrogen-bond donors (Lipinski definition) is 1. The molecule has 1 heterocycles. The summed E-state index contributed by atoms with van der Waals surface area (Å²) in [5, 5.41) is 3.12. The summed E-state index contributed by atoms with van der Waals surface area (Å²) in [4.78, 5) is 11.1. The van der Waals surface area contributed by atoms with E-state index in [0.29, 0.717) is 0 Å². The summed E-state index contributed by atoms with van der Waals surface area (Å²) in [6.07, 6.45) is 5.80. The molecule has 0 saturated heterocycles. The van der Waals surface area contributed by atoms with Crippen molar-refractivity contribution >= 4 is 11.6 Å². The maximum atomic E-state index is 4.44. The fraction of sp³-hybridized carbons (Fsp3) is 0.692. The normalized spacial score (nSPS) is 15.5. The second kappa shape index (κ2) is 5.34. The zero-order valence-electron chi connectivity index (χ0n) is 11.0. The van der Waals surface area contributed by atoms with Crippen molar-refractivity contribution in [3.05, 3.63) is 11.9 Å². The summed E-state index contributed by atoms with van der Waals surface area (Å²) >= 11 is 0. The third kappa shape index (κ3) is 2.51. The minimum absolute atomic E-state index is 0.863. The van der Waals surface area contributed by atoms with Crippen molar-refractivity contribution in [3.8, 4) is 0 Å². The third-order valence-corrected chi connectivity index (χ3v) is 3.68. The second-order valence-electron chi connectivity index (χ2n) is 4.76. The molecule has 0 unspecified atom stereocenters. The van der Waals surface area contributed by atoms with E-state index >= 15 is 0 Å². The second-order valence-corrected chi connectivity index (χ2v) is 4.76. The molecule has 0 aromatic carbocycles. The first kappa shape index (κ1) is 12.1. The monoisotopic (exact) mass is 234 g/mol. The Morgan fingerprint density at radius 3 is 2.71 bits per heavy atom. The van der Waals surface area contributed by atoms with Crippen molar-refractivity contribution < 1.29 is 0 Å². The highest BCUT2D eigenvalue weighted by Gasteiger charge is 2.22. The van der Waals surface area contributed by atoms with E-state index in [4.69, 9.17) is 0 Å². The largest absolute Gasteiger partial charge is 0.373 e. The Bertz CT molecular complexity index is 374. The molecule has 1 aromatic heterocycles. The van der Waals surface area contributed by atoms with Gasteiger partial charge < -0.3 is 10.2 Å². The summed E-state index contributed by atoms with van der Waals surface area (Å²) in [5.41, 5.74) is 1.15. The summed E-state index contributed by atoms with van der Waals surface area (Å²) < 4.78 is 0. The standard InChI is InChI=1S/C13H22N4/c1-4-17(8-11-6-5-7-11)13-10(2)12(14-3)15-9-16-13/h9,11H,4-8H2,1-3H3,(H,14,15,16). The molecular formula is C13H22N4. The van der Waals surface area contributed by atoms with E-state index in [2.05, 4.69) is 34.0 Å². The van der Waals surface area contributed by atoms with Gasteiger partial charge in [0.2, 0.25) is 0 Å². The van der Waals surface area contributed by atoms with Gasteiger partial charge in [-0.3, -0.25) is 0 Å². The quantitative estimate of drug-likeness (QED) is 0.849. The van der Waals surface area contributed by atoms with Gasteiger partial charge in [0, 0.05) is 25.7 Å². The van der Waals surface area contributed by atoms with Crippen LogP contribution in [0.3, 0.4) is 0 Å². The Labute approximate surface area is 103 Å². The maximum absolute atomic E-state index is 4.44. The molecule has 2 rings (SSSR count). The smallest absolute Gasteiger partial charge is 0.137 e. The van der Waals surface area contributed by atoms with Gasteiger partial charge in [-0.15, -0.1) is 0 Å². The van der Waals surface area contributed by atoms with Crippen LogP contribution in [0.2, 0.25) is 0 Å². The van der Waals surface area contributed by atoms with E-state index in [9.17, 15) is 0 Å². The van der Waals surface area contributed by atoms with Gasteiger partial charge >= 0.3 is 0 Å². The van der Waals surface area contributed by atoms with Crippen LogP contribution in [0.15, 0.2) is 6.33 Å². The molecule has 1 aromatic rings. The molecule has 0 radical (unpaired) electrons. The van der Waals surface area contributed by atoms with Gasteiger partial charge in [0.05, 0.1) is 0 Å². The predicted molar refractivity (Wildman–Crippen MR) is 71.5 cm³/mol. The lowest BCUT2D eigenvalue weighted by Crippen LogP contribution is -2.33. The van der Waals surface area contributed by atoms with E-state index in [1.54, 1.807) is 6.33 Å². The van der Waals surface area contributed by atoms with Crippen LogP contribution in [0.5, 0.6) is 0 Å². The highest BCUT2D eigenvalue weighted by Crippen LogP contribution is 2.30. The Kier molecular flexibility index (Phi) is 3.82. The zero-order valence-corrected chi connectivity index (χ0v) is 11.0. The van der Waals surface area contributed by atoms with Crippen LogP contribution >= 0.6 is 0 Å². The van der Waals surface area contributed by atoms with Gasteiger partial charge in [0.25, 0.3) is 0 Å². The maximum Gasteiger partial charge on any atom is 0.137 e. The molecule has 0 amide bonds. The fourth-order valence-electron chi connectivity index (χ4n) is 2.36. The van der Waals surface area contributed by atoms with Crippen LogP contribution in [0, 0.1) is 12.8 Å². The van der Waals surface area contributed by atoms with Crippen molar-refractivity contribution in [1.82, 2.24) is 9.97 Å². The summed E-state index contributed by atoms with van der Waals surface area (Å²) in [7, 11) is 1.90. The van der Waals surface area contributed by atoms with Crippen molar-refractivity contribution in [2.24, 2.45) is 5.92 Å². The van der Waals surface area contributed by atoms with Crippen LogP contribution in [-0.4, -0.2) is 30.1 Å². The predicted octanol–water partition coefficient (Wildman–Crippen LogP) is 2.45. The number of aromatic nitrogens is 2. The van der Waals surface area contributed by atoms with E-state index < -0.39 is 0 Å². The molecule has 1 N–H and O–H groups in total. The SMILES string of the molecule is CCN(CC1CCC1)c1ncnc(NC)c1C. The van der Waals surface area contributed by atoms with Gasteiger partial charge in [0.1, 0.15) is 18.0 Å². The molecule has 0 atom stereocenters. The molecule has 0 spiro atoms. The van der Waals surface area contributed by atoms with Crippen molar-refractivity contribution in [1.29, 1.82) is 0 Å². The highest BCUT2D eigenvalue weighted by atomic mass is 15.2. The Hall–Kier alpha value is -1.32. The summed E-state index contributed by atoms with van der Waals surface area (Å²) in [5.74, 6) is 2.88. The van der Waals surface area contributed by atoms with E-state index in [1.165, 1.54) is 19.3 Å². The van der Waals surface area contributed by atoms with Gasteiger partial charge in [0.15, 0.2) is 0 Å². The van der Waals surface area contributed by atoms with Crippen molar-refractivity contribution in [3.63, 3.8) is 0 Å². The van der Waals surface area contributed by atoms with Gasteiger partial charge in [-0.25, -0.2) is 9.97 Å². The number of nitrogens with zero attached hydrogens (tertiary/aromatic N) is 3. The van der Waals surface area contributed by atoms with Gasteiger partial charge in [-0.2, -0.15) is 0 Å². The molecule has 1 aliphatic rings. The van der Waals surface area contributed by atoms with Crippen LogP contribution in [0.1, 0.15) is 31.7 Å². The number of nitrogens with one attached hydrogen (secondary N) is 1. The van der Waals surface area contributed by atoms with E-state index in [1.807, 2.05) is 7.05 Å². The molecule has 1 aliphatic carbocycles.